The Balaban J connectivity index is 1.28. The Morgan fingerprint density at radius 2 is 1.69 bits per heavy atom. The Bertz CT molecular complexity index is 1120. The first kappa shape index (κ1) is 18.6. The van der Waals surface area contributed by atoms with Gasteiger partial charge in [-0.15, -0.1) is 10.2 Å². The molecule has 0 saturated carbocycles. The normalized spacial score (nSPS) is 10.7. The highest BCUT2D eigenvalue weighted by Gasteiger charge is 2.06. The maximum atomic E-state index is 12.3. The maximum absolute atomic E-state index is 12.3. The van der Waals surface area contributed by atoms with Crippen LogP contribution >= 0.6 is 0 Å². The number of hydrogen-bond acceptors (Lipinski definition) is 4. The summed E-state index contributed by atoms with van der Waals surface area (Å²) in [4.78, 5) is 12.3. The van der Waals surface area contributed by atoms with Crippen LogP contribution in [0.5, 0.6) is 5.88 Å². The number of carbonyl (C=O) groups excluding carboxylic acids is 1. The van der Waals surface area contributed by atoms with Gasteiger partial charge in [0.25, 0.3) is 5.91 Å². The summed E-state index contributed by atoms with van der Waals surface area (Å²) in [5.41, 5.74) is 3.64. The molecule has 4 aromatic rings. The lowest BCUT2D eigenvalue weighted by Crippen LogP contribution is -2.28. The van der Waals surface area contributed by atoms with E-state index in [9.17, 15) is 4.79 Å². The molecule has 5 heteroatoms. The molecule has 3 aromatic carbocycles. The van der Waals surface area contributed by atoms with E-state index in [1.165, 1.54) is 5.56 Å². The van der Waals surface area contributed by atoms with Crippen molar-refractivity contribution in [3.63, 3.8) is 0 Å². The molecule has 0 aliphatic rings. The van der Waals surface area contributed by atoms with E-state index in [4.69, 9.17) is 4.74 Å². The van der Waals surface area contributed by atoms with Gasteiger partial charge in [-0.25, -0.2) is 0 Å². The molecule has 5 nitrogen and oxygen atoms in total. The van der Waals surface area contributed by atoms with Crippen LogP contribution in [0.4, 0.5) is 0 Å². The van der Waals surface area contributed by atoms with Gasteiger partial charge in [0.15, 0.2) is 0 Å². The molecule has 0 atom stereocenters. The Hall–Kier alpha value is -3.73. The molecule has 144 valence electrons. The molecule has 1 N–H and O–H groups in total. The van der Waals surface area contributed by atoms with Gasteiger partial charge < -0.3 is 10.1 Å². The van der Waals surface area contributed by atoms with Crippen LogP contribution in [0.15, 0.2) is 78.9 Å². The molecule has 0 fully saturated rings. The van der Waals surface area contributed by atoms with E-state index in [-0.39, 0.29) is 5.91 Å². The van der Waals surface area contributed by atoms with Crippen molar-refractivity contribution in [1.82, 2.24) is 15.5 Å². The summed E-state index contributed by atoms with van der Waals surface area (Å²) in [5, 5.41) is 13.3. The van der Waals surface area contributed by atoms with Gasteiger partial charge in [-0.2, -0.15) is 0 Å². The molecular weight excluding hydrogens is 362 g/mol. The zero-order chi connectivity index (χ0) is 20.1. The summed E-state index contributed by atoms with van der Waals surface area (Å²) >= 11 is 0. The van der Waals surface area contributed by atoms with Crippen LogP contribution in [0.1, 0.15) is 15.9 Å². The third-order valence-electron chi connectivity index (χ3n) is 4.64. The van der Waals surface area contributed by atoms with Crippen LogP contribution in [0.3, 0.4) is 0 Å². The topological polar surface area (TPSA) is 64.1 Å². The van der Waals surface area contributed by atoms with E-state index in [0.29, 0.717) is 24.6 Å². The third-order valence-corrected chi connectivity index (χ3v) is 4.64. The SMILES string of the molecule is Cc1ccc(-c2ccc(OCCNC(=O)c3ccc4ccccc4c3)nn2)cc1. The van der Waals surface area contributed by atoms with Crippen LogP contribution in [-0.4, -0.2) is 29.3 Å². The van der Waals surface area contributed by atoms with Crippen LogP contribution in [-0.2, 0) is 0 Å². The van der Waals surface area contributed by atoms with Gasteiger partial charge in [-0.05, 0) is 35.9 Å². The maximum Gasteiger partial charge on any atom is 0.251 e. The molecular formula is C24H21N3O2. The molecule has 1 amide bonds. The minimum absolute atomic E-state index is 0.125. The number of aryl methyl sites for hydroxylation is 1. The summed E-state index contributed by atoms with van der Waals surface area (Å²) in [5.74, 6) is 0.306. The molecule has 0 aliphatic carbocycles. The summed E-state index contributed by atoms with van der Waals surface area (Å²) in [6.45, 7) is 2.75. The second kappa shape index (κ2) is 8.52. The number of rotatable bonds is 6. The van der Waals surface area contributed by atoms with Crippen LogP contribution in [0, 0.1) is 6.92 Å². The lowest BCUT2D eigenvalue weighted by atomic mass is 10.1. The lowest BCUT2D eigenvalue weighted by molar-refractivity contribution is 0.0946. The van der Waals surface area contributed by atoms with Crippen molar-refractivity contribution in [2.75, 3.05) is 13.2 Å². The number of fused-ring (bicyclic) bond motifs is 1. The predicted octanol–water partition coefficient (Wildman–Crippen LogP) is 4.41. The lowest BCUT2D eigenvalue weighted by Gasteiger charge is -2.08. The van der Waals surface area contributed by atoms with Gasteiger partial charge in [0.1, 0.15) is 6.61 Å². The number of carbonyl (C=O) groups is 1. The monoisotopic (exact) mass is 383 g/mol. The quantitative estimate of drug-likeness (QED) is 0.501. The summed E-state index contributed by atoms with van der Waals surface area (Å²) < 4.78 is 5.58. The van der Waals surface area contributed by atoms with Crippen LogP contribution in [0.25, 0.3) is 22.0 Å². The fourth-order valence-corrected chi connectivity index (χ4v) is 3.03. The van der Waals surface area contributed by atoms with Gasteiger partial charge >= 0.3 is 0 Å². The van der Waals surface area contributed by atoms with Crippen molar-refractivity contribution < 1.29 is 9.53 Å². The first-order valence-electron chi connectivity index (χ1n) is 9.50. The van der Waals surface area contributed by atoms with Crippen molar-refractivity contribution in [1.29, 1.82) is 0 Å². The number of nitrogens with one attached hydrogen (secondary N) is 1. The number of hydrogen-bond donors (Lipinski definition) is 1. The third kappa shape index (κ3) is 4.58. The van der Waals surface area contributed by atoms with Gasteiger partial charge in [0.2, 0.25) is 5.88 Å². The second-order valence-corrected chi connectivity index (χ2v) is 6.79. The van der Waals surface area contributed by atoms with Crippen molar-refractivity contribution in [3.8, 4) is 17.1 Å². The minimum Gasteiger partial charge on any atom is -0.475 e. The highest BCUT2D eigenvalue weighted by molar-refractivity contribution is 5.98. The first-order valence-corrected chi connectivity index (χ1v) is 9.50. The largest absolute Gasteiger partial charge is 0.475 e. The van der Waals surface area contributed by atoms with E-state index >= 15 is 0 Å². The van der Waals surface area contributed by atoms with Crippen molar-refractivity contribution in [2.24, 2.45) is 0 Å². The number of amides is 1. The highest BCUT2D eigenvalue weighted by atomic mass is 16.5. The Labute approximate surface area is 169 Å². The van der Waals surface area contributed by atoms with Crippen LogP contribution < -0.4 is 10.1 Å². The van der Waals surface area contributed by atoms with Gasteiger partial charge in [0.05, 0.1) is 12.2 Å². The zero-order valence-corrected chi connectivity index (χ0v) is 16.1. The predicted molar refractivity (Wildman–Crippen MR) is 114 cm³/mol. The smallest absolute Gasteiger partial charge is 0.251 e. The van der Waals surface area contributed by atoms with Gasteiger partial charge in [0, 0.05) is 17.2 Å². The number of aromatic nitrogens is 2. The van der Waals surface area contributed by atoms with Crippen molar-refractivity contribution in [3.05, 3.63) is 90.0 Å². The van der Waals surface area contributed by atoms with E-state index in [1.54, 1.807) is 6.07 Å². The zero-order valence-electron chi connectivity index (χ0n) is 16.1. The Morgan fingerprint density at radius 3 is 2.45 bits per heavy atom. The van der Waals surface area contributed by atoms with E-state index in [2.05, 4.69) is 15.5 Å². The summed E-state index contributed by atoms with van der Waals surface area (Å²) in [7, 11) is 0. The average Bonchev–Trinajstić information content (AvgIpc) is 2.77. The Morgan fingerprint density at radius 1 is 0.897 bits per heavy atom. The van der Waals surface area contributed by atoms with Gasteiger partial charge in [-0.1, -0.05) is 60.2 Å². The average molecular weight is 383 g/mol. The Kier molecular flexibility index (Phi) is 5.47. The second-order valence-electron chi connectivity index (χ2n) is 6.79. The summed E-state index contributed by atoms with van der Waals surface area (Å²) in [6.07, 6.45) is 0. The van der Waals surface area contributed by atoms with E-state index < -0.39 is 0 Å². The molecule has 0 aliphatic heterocycles. The van der Waals surface area contributed by atoms with Crippen molar-refractivity contribution in [2.45, 2.75) is 6.92 Å². The molecule has 0 saturated heterocycles. The standard InChI is InChI=1S/C24H21N3O2/c1-17-6-8-19(9-7-17)22-12-13-23(27-26-22)29-15-14-25-24(28)21-11-10-18-4-2-3-5-20(18)16-21/h2-13,16H,14-15H2,1H3,(H,25,28). The fourth-order valence-electron chi connectivity index (χ4n) is 3.03. The van der Waals surface area contributed by atoms with E-state index in [0.717, 1.165) is 22.0 Å². The van der Waals surface area contributed by atoms with Crippen LogP contribution in [0.2, 0.25) is 0 Å². The fraction of sp³-hybridized carbons (Fsp3) is 0.125. The molecule has 0 spiro atoms. The highest BCUT2D eigenvalue weighted by Crippen LogP contribution is 2.18. The van der Waals surface area contributed by atoms with E-state index in [1.807, 2.05) is 79.7 Å². The van der Waals surface area contributed by atoms with Crippen molar-refractivity contribution >= 4 is 16.7 Å². The summed E-state index contributed by atoms with van der Waals surface area (Å²) in [6, 6.07) is 25.4. The van der Waals surface area contributed by atoms with Gasteiger partial charge in [-0.3, -0.25) is 4.79 Å². The number of benzene rings is 3. The minimum atomic E-state index is -0.125. The number of ether oxygens (including phenoxy) is 1. The molecule has 1 aromatic heterocycles. The molecule has 1 heterocycles. The molecule has 0 bridgehead atoms. The molecule has 4 rings (SSSR count). The molecule has 29 heavy (non-hydrogen) atoms. The molecule has 0 unspecified atom stereocenters. The first-order chi connectivity index (χ1) is 14.2. The number of nitrogens with zero attached hydrogens (tertiary/aromatic N) is 2. The molecule has 0 radical (unpaired) electrons.